The summed E-state index contributed by atoms with van der Waals surface area (Å²) in [5.41, 5.74) is 6.35. The Balaban J connectivity index is 1.64. The van der Waals surface area contributed by atoms with Crippen LogP contribution in [0.2, 0.25) is 10.0 Å². The lowest BCUT2D eigenvalue weighted by Crippen LogP contribution is -2.18. The number of halogens is 2. The third-order valence-corrected chi connectivity index (χ3v) is 4.61. The molecule has 1 heterocycles. The second kappa shape index (κ2) is 9.04. The van der Waals surface area contributed by atoms with E-state index in [1.165, 1.54) is 11.8 Å². The number of nitrogens with one attached hydrogen (secondary N) is 2. The molecule has 1 amide bonds. The fourth-order valence-electron chi connectivity index (χ4n) is 2.70. The van der Waals surface area contributed by atoms with Crippen LogP contribution in [0.25, 0.3) is 11.3 Å². The average Bonchev–Trinajstić information content (AvgIpc) is 3.14. The summed E-state index contributed by atoms with van der Waals surface area (Å²) in [5.74, 6) is 0.214. The van der Waals surface area contributed by atoms with E-state index in [-0.39, 0.29) is 0 Å². The van der Waals surface area contributed by atoms with Gasteiger partial charge in [-0.15, -0.1) is 0 Å². The van der Waals surface area contributed by atoms with Crippen molar-refractivity contribution in [1.82, 2.24) is 15.6 Å². The van der Waals surface area contributed by atoms with Gasteiger partial charge in [-0.3, -0.25) is 9.89 Å². The smallest absolute Gasteiger partial charge is 0.272 e. The lowest BCUT2D eigenvalue weighted by Gasteiger charge is -2.05. The van der Waals surface area contributed by atoms with Crippen molar-refractivity contribution in [1.29, 1.82) is 0 Å². The number of nitrogens with zero attached hydrogens (tertiary/aromatic N) is 2. The van der Waals surface area contributed by atoms with E-state index in [0.29, 0.717) is 32.9 Å². The first-order chi connectivity index (χ1) is 13.4. The standard InChI is InChI=1S/C21H20Cl2N4O/c1-13(2)9-14-3-5-15(6-4-14)19-11-20(26-25-19)21(28)27-24-12-16-7-8-17(22)10-18(16)23/h3-8,10-13H,9H2,1-2H3,(H,25,26)(H,27,28)/b24-12-. The van der Waals surface area contributed by atoms with Crippen molar-refractivity contribution < 1.29 is 4.79 Å². The Bertz CT molecular complexity index is 994. The van der Waals surface area contributed by atoms with Crippen molar-refractivity contribution in [3.05, 3.63) is 75.4 Å². The third kappa shape index (κ3) is 5.21. The van der Waals surface area contributed by atoms with Crippen LogP contribution in [0, 0.1) is 5.92 Å². The normalized spacial score (nSPS) is 11.3. The number of rotatable bonds is 6. The Morgan fingerprint density at radius 2 is 1.93 bits per heavy atom. The molecular formula is C21H20Cl2N4O. The third-order valence-electron chi connectivity index (χ3n) is 4.05. The maximum atomic E-state index is 12.2. The first-order valence-corrected chi connectivity index (χ1v) is 9.61. The topological polar surface area (TPSA) is 70.1 Å². The van der Waals surface area contributed by atoms with Gasteiger partial charge in [0, 0.05) is 16.1 Å². The zero-order valence-electron chi connectivity index (χ0n) is 15.5. The van der Waals surface area contributed by atoms with Crippen LogP contribution in [0.4, 0.5) is 0 Å². The van der Waals surface area contributed by atoms with Gasteiger partial charge in [0.05, 0.1) is 16.9 Å². The van der Waals surface area contributed by atoms with Crippen LogP contribution in [-0.2, 0) is 6.42 Å². The van der Waals surface area contributed by atoms with E-state index in [2.05, 4.69) is 46.7 Å². The molecule has 0 unspecified atom stereocenters. The molecule has 0 fully saturated rings. The van der Waals surface area contributed by atoms with Gasteiger partial charge in [0.25, 0.3) is 5.91 Å². The highest BCUT2D eigenvalue weighted by Gasteiger charge is 2.10. The molecule has 1 aromatic heterocycles. The van der Waals surface area contributed by atoms with E-state index in [0.717, 1.165) is 12.0 Å². The molecule has 7 heteroatoms. The van der Waals surface area contributed by atoms with Crippen LogP contribution in [0.3, 0.4) is 0 Å². The highest BCUT2D eigenvalue weighted by atomic mass is 35.5. The maximum Gasteiger partial charge on any atom is 0.289 e. The number of carbonyl (C=O) groups excluding carboxylic acids is 1. The fraction of sp³-hybridized carbons (Fsp3) is 0.190. The van der Waals surface area contributed by atoms with Crippen LogP contribution >= 0.6 is 23.2 Å². The fourth-order valence-corrected chi connectivity index (χ4v) is 3.15. The van der Waals surface area contributed by atoms with Gasteiger partial charge in [0.15, 0.2) is 0 Å². The van der Waals surface area contributed by atoms with Crippen molar-refractivity contribution in [2.45, 2.75) is 20.3 Å². The van der Waals surface area contributed by atoms with E-state index in [9.17, 15) is 4.79 Å². The molecule has 0 aliphatic heterocycles. The average molecular weight is 415 g/mol. The molecule has 0 spiro atoms. The molecule has 5 nitrogen and oxygen atoms in total. The maximum absolute atomic E-state index is 12.2. The Morgan fingerprint density at radius 1 is 1.18 bits per heavy atom. The molecule has 3 aromatic rings. The van der Waals surface area contributed by atoms with Crippen molar-refractivity contribution in [2.75, 3.05) is 0 Å². The summed E-state index contributed by atoms with van der Waals surface area (Å²) in [6.45, 7) is 4.38. The molecule has 0 aliphatic rings. The summed E-state index contributed by atoms with van der Waals surface area (Å²) >= 11 is 11.9. The first-order valence-electron chi connectivity index (χ1n) is 8.85. The van der Waals surface area contributed by atoms with Gasteiger partial charge in [-0.1, -0.05) is 67.4 Å². The summed E-state index contributed by atoms with van der Waals surface area (Å²) in [5, 5.41) is 11.9. The molecular weight excluding hydrogens is 395 g/mol. The van der Waals surface area contributed by atoms with Crippen LogP contribution in [0.5, 0.6) is 0 Å². The Labute approximate surface area is 173 Å². The zero-order valence-corrected chi connectivity index (χ0v) is 17.1. The number of benzene rings is 2. The van der Waals surface area contributed by atoms with Gasteiger partial charge in [-0.05, 0) is 36.1 Å². The van der Waals surface area contributed by atoms with Crippen molar-refractivity contribution in [3.63, 3.8) is 0 Å². The summed E-state index contributed by atoms with van der Waals surface area (Å²) in [6, 6.07) is 14.9. The van der Waals surface area contributed by atoms with Gasteiger partial charge in [-0.25, -0.2) is 5.43 Å². The molecule has 0 saturated carbocycles. The Hall–Kier alpha value is -2.63. The Morgan fingerprint density at radius 3 is 2.61 bits per heavy atom. The van der Waals surface area contributed by atoms with Gasteiger partial charge in [0.2, 0.25) is 0 Å². The number of hydrogen-bond donors (Lipinski definition) is 2. The number of amides is 1. The van der Waals surface area contributed by atoms with Crippen LogP contribution in [-0.4, -0.2) is 22.3 Å². The number of carbonyl (C=O) groups is 1. The Kier molecular flexibility index (Phi) is 6.49. The molecule has 2 aromatic carbocycles. The molecule has 3 rings (SSSR count). The molecule has 144 valence electrons. The molecule has 0 aliphatic carbocycles. The minimum atomic E-state index is -0.392. The van der Waals surface area contributed by atoms with E-state index < -0.39 is 5.91 Å². The number of H-pyrrole nitrogens is 1. The number of aromatic nitrogens is 2. The molecule has 0 bridgehead atoms. The molecule has 2 N–H and O–H groups in total. The number of aromatic amines is 1. The molecule has 0 radical (unpaired) electrons. The summed E-state index contributed by atoms with van der Waals surface area (Å²) in [6.07, 6.45) is 2.49. The predicted octanol–water partition coefficient (Wildman–Crippen LogP) is 5.35. The summed E-state index contributed by atoms with van der Waals surface area (Å²) in [4.78, 5) is 12.2. The van der Waals surface area contributed by atoms with Gasteiger partial charge >= 0.3 is 0 Å². The number of hydrazone groups is 1. The zero-order chi connectivity index (χ0) is 20.1. The predicted molar refractivity (Wildman–Crippen MR) is 114 cm³/mol. The van der Waals surface area contributed by atoms with Crippen molar-refractivity contribution in [3.8, 4) is 11.3 Å². The minimum absolute atomic E-state index is 0.320. The van der Waals surface area contributed by atoms with E-state index in [1.807, 2.05) is 12.1 Å². The van der Waals surface area contributed by atoms with Crippen LogP contribution in [0.15, 0.2) is 53.6 Å². The van der Waals surface area contributed by atoms with Gasteiger partial charge < -0.3 is 0 Å². The van der Waals surface area contributed by atoms with Crippen LogP contribution < -0.4 is 5.43 Å². The molecule has 28 heavy (non-hydrogen) atoms. The summed E-state index contributed by atoms with van der Waals surface area (Å²) < 4.78 is 0. The number of hydrogen-bond acceptors (Lipinski definition) is 3. The molecule has 0 saturated heterocycles. The lowest BCUT2D eigenvalue weighted by molar-refractivity contribution is 0.0950. The quantitative estimate of drug-likeness (QED) is 0.421. The van der Waals surface area contributed by atoms with E-state index in [1.54, 1.807) is 24.3 Å². The first kappa shape index (κ1) is 20.1. The van der Waals surface area contributed by atoms with E-state index >= 15 is 0 Å². The SMILES string of the molecule is CC(C)Cc1ccc(-c2cc(C(=O)N/N=C\c3ccc(Cl)cc3Cl)[nH]n2)cc1. The largest absolute Gasteiger partial charge is 0.289 e. The summed E-state index contributed by atoms with van der Waals surface area (Å²) in [7, 11) is 0. The van der Waals surface area contributed by atoms with E-state index in [4.69, 9.17) is 23.2 Å². The van der Waals surface area contributed by atoms with Gasteiger partial charge in [-0.2, -0.15) is 10.2 Å². The second-order valence-electron chi connectivity index (χ2n) is 6.83. The van der Waals surface area contributed by atoms with Crippen molar-refractivity contribution in [2.24, 2.45) is 11.0 Å². The van der Waals surface area contributed by atoms with Gasteiger partial charge in [0.1, 0.15) is 5.69 Å². The minimum Gasteiger partial charge on any atom is -0.272 e. The lowest BCUT2D eigenvalue weighted by atomic mass is 10.0. The molecule has 0 atom stereocenters. The highest BCUT2D eigenvalue weighted by Crippen LogP contribution is 2.20. The second-order valence-corrected chi connectivity index (χ2v) is 7.67. The monoisotopic (exact) mass is 414 g/mol. The van der Waals surface area contributed by atoms with Crippen molar-refractivity contribution >= 4 is 35.3 Å². The highest BCUT2D eigenvalue weighted by molar-refractivity contribution is 6.36. The van der Waals surface area contributed by atoms with Crippen LogP contribution in [0.1, 0.15) is 35.5 Å².